The number of phenols is 1. The quantitative estimate of drug-likeness (QED) is 0.656. The number of hydrogen-bond acceptors (Lipinski definition) is 2. The first-order valence-electron chi connectivity index (χ1n) is 3.67. The second-order valence-corrected chi connectivity index (χ2v) is 2.71. The first kappa shape index (κ1) is 7.79. The molecule has 0 bridgehead atoms. The molecule has 1 aromatic carbocycles. The standard InChI is InChI=1S/C9H6FNO2/c10-6-1-7-9(8(13)2-6)5(4-12)3-11-7/h1-4,11,13H. The van der Waals surface area contributed by atoms with Crippen LogP contribution in [0.2, 0.25) is 0 Å². The summed E-state index contributed by atoms with van der Waals surface area (Å²) in [5.74, 6) is -0.761. The maximum Gasteiger partial charge on any atom is 0.152 e. The normalized spacial score (nSPS) is 10.5. The van der Waals surface area contributed by atoms with Gasteiger partial charge in [-0.3, -0.25) is 4.79 Å². The fourth-order valence-corrected chi connectivity index (χ4v) is 1.33. The van der Waals surface area contributed by atoms with Crippen LogP contribution < -0.4 is 0 Å². The highest BCUT2D eigenvalue weighted by Gasteiger charge is 2.08. The molecule has 13 heavy (non-hydrogen) atoms. The second kappa shape index (κ2) is 2.58. The molecule has 0 aliphatic heterocycles. The van der Waals surface area contributed by atoms with E-state index in [0.29, 0.717) is 22.8 Å². The Hall–Kier alpha value is -1.84. The zero-order chi connectivity index (χ0) is 9.42. The summed E-state index contributed by atoms with van der Waals surface area (Å²) in [6, 6.07) is 2.20. The van der Waals surface area contributed by atoms with Crippen molar-refractivity contribution in [1.82, 2.24) is 4.98 Å². The fraction of sp³-hybridized carbons (Fsp3) is 0. The third-order valence-electron chi connectivity index (χ3n) is 1.88. The lowest BCUT2D eigenvalue weighted by molar-refractivity contribution is 0.112. The number of aldehydes is 1. The second-order valence-electron chi connectivity index (χ2n) is 2.71. The number of aromatic amines is 1. The first-order chi connectivity index (χ1) is 6.22. The Labute approximate surface area is 72.8 Å². The molecule has 4 heteroatoms. The Kier molecular flexibility index (Phi) is 1.55. The Morgan fingerprint density at radius 2 is 2.23 bits per heavy atom. The van der Waals surface area contributed by atoms with Crippen LogP contribution in [0, 0.1) is 5.82 Å². The Morgan fingerprint density at radius 3 is 2.92 bits per heavy atom. The summed E-state index contributed by atoms with van der Waals surface area (Å²) in [5, 5.41) is 9.69. The molecule has 0 aliphatic rings. The third kappa shape index (κ3) is 1.07. The number of aromatic nitrogens is 1. The van der Waals surface area contributed by atoms with E-state index in [1.807, 2.05) is 0 Å². The molecule has 2 aromatic rings. The van der Waals surface area contributed by atoms with E-state index < -0.39 is 5.82 Å². The topological polar surface area (TPSA) is 53.1 Å². The molecule has 0 radical (unpaired) electrons. The van der Waals surface area contributed by atoms with Crippen molar-refractivity contribution in [2.45, 2.75) is 0 Å². The molecule has 0 unspecified atom stereocenters. The average molecular weight is 179 g/mol. The molecule has 0 spiro atoms. The molecule has 0 fully saturated rings. The molecule has 2 rings (SSSR count). The van der Waals surface area contributed by atoms with Gasteiger partial charge in [0.1, 0.15) is 11.6 Å². The number of hydrogen-bond donors (Lipinski definition) is 2. The summed E-state index contributed by atoms with van der Waals surface area (Å²) in [6.45, 7) is 0. The number of rotatable bonds is 1. The summed E-state index contributed by atoms with van der Waals surface area (Å²) in [6.07, 6.45) is 2.04. The van der Waals surface area contributed by atoms with E-state index in [-0.39, 0.29) is 5.75 Å². The molecule has 0 saturated carbocycles. The van der Waals surface area contributed by atoms with Crippen molar-refractivity contribution in [1.29, 1.82) is 0 Å². The number of fused-ring (bicyclic) bond motifs is 1. The predicted octanol–water partition coefficient (Wildman–Crippen LogP) is 1.83. The van der Waals surface area contributed by atoms with Crippen LogP contribution in [0.15, 0.2) is 18.3 Å². The van der Waals surface area contributed by atoms with Crippen molar-refractivity contribution in [2.75, 3.05) is 0 Å². The third-order valence-corrected chi connectivity index (χ3v) is 1.88. The summed E-state index contributed by atoms with van der Waals surface area (Å²) in [4.78, 5) is 13.2. The number of carbonyl (C=O) groups is 1. The Bertz CT molecular complexity index is 476. The van der Waals surface area contributed by atoms with Crippen LogP contribution >= 0.6 is 0 Å². The zero-order valence-corrected chi connectivity index (χ0v) is 6.54. The van der Waals surface area contributed by atoms with Crippen molar-refractivity contribution < 1.29 is 14.3 Å². The van der Waals surface area contributed by atoms with Gasteiger partial charge in [0.2, 0.25) is 0 Å². The Balaban J connectivity index is 2.89. The van der Waals surface area contributed by atoms with Crippen LogP contribution in [0.3, 0.4) is 0 Å². The molecule has 0 amide bonds. The minimum absolute atomic E-state index is 0.224. The smallest absolute Gasteiger partial charge is 0.152 e. The number of aromatic hydroxyl groups is 1. The van der Waals surface area contributed by atoms with Crippen LogP contribution in [0.5, 0.6) is 5.75 Å². The average Bonchev–Trinajstić information content (AvgIpc) is 2.47. The van der Waals surface area contributed by atoms with Crippen molar-refractivity contribution in [2.24, 2.45) is 0 Å². The molecule has 3 nitrogen and oxygen atoms in total. The van der Waals surface area contributed by atoms with Gasteiger partial charge in [0.25, 0.3) is 0 Å². The summed E-state index contributed by atoms with van der Waals surface area (Å²) >= 11 is 0. The van der Waals surface area contributed by atoms with Gasteiger partial charge in [0.15, 0.2) is 6.29 Å². The highest BCUT2D eigenvalue weighted by atomic mass is 19.1. The number of carbonyl (C=O) groups excluding carboxylic acids is 1. The maximum absolute atomic E-state index is 12.7. The fourth-order valence-electron chi connectivity index (χ4n) is 1.33. The SMILES string of the molecule is O=Cc1c[nH]c2cc(F)cc(O)c12. The summed E-state index contributed by atoms with van der Waals surface area (Å²) < 4.78 is 12.7. The van der Waals surface area contributed by atoms with Gasteiger partial charge >= 0.3 is 0 Å². The van der Waals surface area contributed by atoms with Crippen LogP contribution in [0.25, 0.3) is 10.9 Å². The Morgan fingerprint density at radius 1 is 1.46 bits per heavy atom. The van der Waals surface area contributed by atoms with Gasteiger partial charge in [0, 0.05) is 17.8 Å². The number of benzene rings is 1. The molecule has 66 valence electrons. The molecule has 0 saturated heterocycles. The lowest BCUT2D eigenvalue weighted by Gasteiger charge is -1.95. The van der Waals surface area contributed by atoms with Crippen molar-refractivity contribution in [3.63, 3.8) is 0 Å². The van der Waals surface area contributed by atoms with E-state index in [1.165, 1.54) is 12.3 Å². The molecule has 0 atom stereocenters. The zero-order valence-electron chi connectivity index (χ0n) is 6.54. The van der Waals surface area contributed by atoms with E-state index in [1.54, 1.807) is 0 Å². The van der Waals surface area contributed by atoms with E-state index >= 15 is 0 Å². The minimum atomic E-state index is -0.538. The molecule has 1 aromatic heterocycles. The van der Waals surface area contributed by atoms with Crippen LogP contribution in [0.4, 0.5) is 4.39 Å². The van der Waals surface area contributed by atoms with Gasteiger partial charge in [-0.1, -0.05) is 0 Å². The van der Waals surface area contributed by atoms with Crippen molar-refractivity contribution in [3.05, 3.63) is 29.7 Å². The monoisotopic (exact) mass is 179 g/mol. The van der Waals surface area contributed by atoms with E-state index in [4.69, 9.17) is 0 Å². The molecule has 0 aliphatic carbocycles. The lowest BCUT2D eigenvalue weighted by Crippen LogP contribution is -1.78. The number of H-pyrrole nitrogens is 1. The van der Waals surface area contributed by atoms with Crippen LogP contribution in [-0.2, 0) is 0 Å². The van der Waals surface area contributed by atoms with E-state index in [9.17, 15) is 14.3 Å². The predicted molar refractivity (Wildman–Crippen MR) is 45.3 cm³/mol. The maximum atomic E-state index is 12.7. The van der Waals surface area contributed by atoms with Gasteiger partial charge < -0.3 is 10.1 Å². The lowest BCUT2D eigenvalue weighted by atomic mass is 10.1. The highest BCUT2D eigenvalue weighted by molar-refractivity contribution is 6.00. The molecular weight excluding hydrogens is 173 g/mol. The van der Waals surface area contributed by atoms with Crippen LogP contribution in [-0.4, -0.2) is 16.4 Å². The van der Waals surface area contributed by atoms with Crippen molar-refractivity contribution >= 4 is 17.2 Å². The van der Waals surface area contributed by atoms with E-state index in [0.717, 1.165) is 6.07 Å². The first-order valence-corrected chi connectivity index (χ1v) is 3.67. The number of phenolic OH excluding ortho intramolecular Hbond substituents is 1. The number of nitrogens with one attached hydrogen (secondary N) is 1. The van der Waals surface area contributed by atoms with Crippen LogP contribution in [0.1, 0.15) is 10.4 Å². The molecule has 2 N–H and O–H groups in total. The highest BCUT2D eigenvalue weighted by Crippen LogP contribution is 2.27. The molecule has 1 heterocycles. The largest absolute Gasteiger partial charge is 0.507 e. The van der Waals surface area contributed by atoms with Gasteiger partial charge in [-0.05, 0) is 6.07 Å². The van der Waals surface area contributed by atoms with Gasteiger partial charge in [-0.2, -0.15) is 0 Å². The van der Waals surface area contributed by atoms with Gasteiger partial charge in [0.05, 0.1) is 10.9 Å². The summed E-state index contributed by atoms with van der Waals surface area (Å²) in [7, 11) is 0. The van der Waals surface area contributed by atoms with Crippen molar-refractivity contribution in [3.8, 4) is 5.75 Å². The van der Waals surface area contributed by atoms with Gasteiger partial charge in [-0.25, -0.2) is 4.39 Å². The summed E-state index contributed by atoms with van der Waals surface area (Å²) in [5.41, 5.74) is 0.743. The number of halogens is 1. The van der Waals surface area contributed by atoms with E-state index in [2.05, 4.69) is 4.98 Å². The minimum Gasteiger partial charge on any atom is -0.507 e. The van der Waals surface area contributed by atoms with Gasteiger partial charge in [-0.15, -0.1) is 0 Å². The molecular formula is C9H6FNO2.